The highest BCUT2D eigenvalue weighted by Gasteiger charge is 2.24. The molecule has 1 aromatic rings. The number of aromatic carboxylic acids is 1. The molecule has 0 aliphatic carbocycles. The van der Waals surface area contributed by atoms with Crippen LogP contribution in [0.1, 0.15) is 28.8 Å². The maximum atomic E-state index is 12.3. The minimum absolute atomic E-state index is 0.0462. The van der Waals surface area contributed by atoms with E-state index >= 15 is 0 Å². The summed E-state index contributed by atoms with van der Waals surface area (Å²) in [6, 6.07) is 5.99. The highest BCUT2D eigenvalue weighted by molar-refractivity contribution is 7.88. The minimum Gasteiger partial charge on any atom is -0.478 e. The predicted octanol–water partition coefficient (Wildman–Crippen LogP) is 1.33. The number of carboxylic acids is 1. The van der Waals surface area contributed by atoms with Crippen LogP contribution in [0.2, 0.25) is 0 Å². The van der Waals surface area contributed by atoms with Gasteiger partial charge in [-0.3, -0.25) is 0 Å². The van der Waals surface area contributed by atoms with E-state index in [1.165, 1.54) is 23.5 Å². The monoisotopic (exact) mass is 313 g/mol. The van der Waals surface area contributed by atoms with Crippen LogP contribution in [0.15, 0.2) is 24.3 Å². The van der Waals surface area contributed by atoms with Gasteiger partial charge in [0.05, 0.1) is 17.4 Å². The average molecular weight is 313 g/mol. The fourth-order valence-electron chi connectivity index (χ4n) is 2.30. The fourth-order valence-corrected chi connectivity index (χ4v) is 3.52. The first-order valence-electron chi connectivity index (χ1n) is 6.76. The second-order valence-electron chi connectivity index (χ2n) is 5.18. The van der Waals surface area contributed by atoms with E-state index in [0.717, 1.165) is 12.8 Å². The van der Waals surface area contributed by atoms with Crippen LogP contribution in [0.4, 0.5) is 0 Å². The molecule has 2 rings (SSSR count). The predicted molar refractivity (Wildman–Crippen MR) is 77.6 cm³/mol. The molecule has 1 saturated heterocycles. The first-order chi connectivity index (χ1) is 9.88. The highest BCUT2D eigenvalue weighted by Crippen LogP contribution is 2.17. The van der Waals surface area contributed by atoms with Crippen molar-refractivity contribution in [3.63, 3.8) is 0 Å². The number of carbonyl (C=O) groups is 1. The summed E-state index contributed by atoms with van der Waals surface area (Å²) >= 11 is 0. The Balaban J connectivity index is 2.05. The molecule has 1 heterocycles. The van der Waals surface area contributed by atoms with Gasteiger partial charge in [-0.15, -0.1) is 0 Å². The maximum absolute atomic E-state index is 12.3. The third kappa shape index (κ3) is 4.26. The lowest BCUT2D eigenvalue weighted by molar-refractivity contribution is 0.0696. The van der Waals surface area contributed by atoms with Gasteiger partial charge in [0.1, 0.15) is 0 Å². The van der Waals surface area contributed by atoms with E-state index in [1.54, 1.807) is 12.1 Å². The normalized spacial score (nSPS) is 19.0. The first-order valence-corrected chi connectivity index (χ1v) is 8.37. The van der Waals surface area contributed by atoms with E-state index in [0.29, 0.717) is 18.7 Å². The number of hydrogen-bond acceptors (Lipinski definition) is 4. The molecule has 1 N–H and O–H groups in total. The molecule has 0 spiro atoms. The topological polar surface area (TPSA) is 83.9 Å². The quantitative estimate of drug-likeness (QED) is 0.856. The van der Waals surface area contributed by atoms with E-state index in [9.17, 15) is 13.2 Å². The molecule has 1 aliphatic heterocycles. The Kier molecular flexibility index (Phi) is 4.97. The molecule has 116 valence electrons. The number of nitrogens with zero attached hydrogens (tertiary/aromatic N) is 1. The van der Waals surface area contributed by atoms with Crippen LogP contribution in [-0.2, 0) is 20.5 Å². The number of benzene rings is 1. The van der Waals surface area contributed by atoms with Crippen LogP contribution in [0.5, 0.6) is 0 Å². The van der Waals surface area contributed by atoms with E-state index in [-0.39, 0.29) is 17.4 Å². The van der Waals surface area contributed by atoms with Gasteiger partial charge >= 0.3 is 5.97 Å². The Morgan fingerprint density at radius 2 is 2.24 bits per heavy atom. The molecule has 7 heteroatoms. The number of likely N-dealkylation sites (N-methyl/N-ethyl adjacent to an activating group) is 1. The molecule has 0 amide bonds. The Labute approximate surface area is 124 Å². The lowest BCUT2D eigenvalue weighted by Crippen LogP contribution is -2.34. The molecule has 0 aromatic heterocycles. The van der Waals surface area contributed by atoms with Gasteiger partial charge in [0, 0.05) is 20.2 Å². The summed E-state index contributed by atoms with van der Waals surface area (Å²) in [6.45, 7) is 1.01. The first kappa shape index (κ1) is 15.9. The summed E-state index contributed by atoms with van der Waals surface area (Å²) in [7, 11) is -1.96. The molecule has 0 radical (unpaired) electrons. The van der Waals surface area contributed by atoms with Crippen molar-refractivity contribution in [1.82, 2.24) is 4.31 Å². The number of hydrogen-bond donors (Lipinski definition) is 1. The molecule has 6 nitrogen and oxygen atoms in total. The largest absolute Gasteiger partial charge is 0.478 e. The van der Waals surface area contributed by atoms with Crippen LogP contribution < -0.4 is 0 Å². The third-order valence-electron chi connectivity index (χ3n) is 3.48. The Bertz CT molecular complexity index is 608. The average Bonchev–Trinajstić information content (AvgIpc) is 2.91. The SMILES string of the molecule is CN(CC1CCCO1)S(=O)(=O)Cc1cccc(C(=O)O)c1. The summed E-state index contributed by atoms with van der Waals surface area (Å²) in [5.74, 6) is -1.28. The van der Waals surface area contributed by atoms with Crippen molar-refractivity contribution in [2.45, 2.75) is 24.7 Å². The van der Waals surface area contributed by atoms with Gasteiger partial charge in [-0.05, 0) is 30.5 Å². The molecule has 0 saturated carbocycles. The minimum atomic E-state index is -3.48. The van der Waals surface area contributed by atoms with Crippen molar-refractivity contribution >= 4 is 16.0 Å². The number of sulfonamides is 1. The summed E-state index contributed by atoms with van der Waals surface area (Å²) in [6.07, 6.45) is 1.78. The molecule has 1 aliphatic rings. The summed E-state index contributed by atoms with van der Waals surface area (Å²) < 4.78 is 31.3. The number of carboxylic acid groups (broad SMARTS) is 1. The van der Waals surface area contributed by atoms with Gasteiger partial charge in [0.15, 0.2) is 0 Å². The van der Waals surface area contributed by atoms with Gasteiger partial charge in [0.2, 0.25) is 10.0 Å². The standard InChI is InChI=1S/C14H19NO5S/c1-15(9-13-6-3-7-20-13)21(18,19)10-11-4-2-5-12(8-11)14(16)17/h2,4-5,8,13H,3,6-7,9-10H2,1H3,(H,16,17). The van der Waals surface area contributed by atoms with E-state index in [2.05, 4.69) is 0 Å². The van der Waals surface area contributed by atoms with E-state index in [1.807, 2.05) is 0 Å². The molecule has 1 unspecified atom stereocenters. The molecule has 1 aromatic carbocycles. The van der Waals surface area contributed by atoms with Crippen molar-refractivity contribution in [3.05, 3.63) is 35.4 Å². The van der Waals surface area contributed by atoms with Crippen LogP contribution in [0.3, 0.4) is 0 Å². The smallest absolute Gasteiger partial charge is 0.335 e. The summed E-state index contributed by atoms with van der Waals surface area (Å²) in [4.78, 5) is 10.9. The maximum Gasteiger partial charge on any atom is 0.335 e. The third-order valence-corrected chi connectivity index (χ3v) is 5.28. The lowest BCUT2D eigenvalue weighted by Gasteiger charge is -2.20. The highest BCUT2D eigenvalue weighted by atomic mass is 32.2. The van der Waals surface area contributed by atoms with Gasteiger partial charge in [-0.2, -0.15) is 0 Å². The molecule has 0 bridgehead atoms. The number of rotatable bonds is 6. The van der Waals surface area contributed by atoms with E-state index < -0.39 is 16.0 Å². The Morgan fingerprint density at radius 3 is 2.86 bits per heavy atom. The van der Waals surface area contributed by atoms with Gasteiger partial charge in [-0.25, -0.2) is 17.5 Å². The lowest BCUT2D eigenvalue weighted by atomic mass is 10.1. The van der Waals surface area contributed by atoms with Crippen LogP contribution in [0, 0.1) is 0 Å². The molecular weight excluding hydrogens is 294 g/mol. The Morgan fingerprint density at radius 1 is 1.48 bits per heavy atom. The van der Waals surface area contributed by atoms with Crippen molar-refractivity contribution in [2.75, 3.05) is 20.2 Å². The van der Waals surface area contributed by atoms with Crippen LogP contribution in [-0.4, -0.2) is 50.1 Å². The molecule has 1 fully saturated rings. The molecular formula is C14H19NO5S. The van der Waals surface area contributed by atoms with Crippen LogP contribution in [0.25, 0.3) is 0 Å². The van der Waals surface area contributed by atoms with Crippen molar-refractivity contribution in [1.29, 1.82) is 0 Å². The summed E-state index contributed by atoms with van der Waals surface area (Å²) in [5.41, 5.74) is 0.554. The zero-order valence-corrected chi connectivity index (χ0v) is 12.7. The fraction of sp³-hybridized carbons (Fsp3) is 0.500. The second kappa shape index (κ2) is 6.55. The van der Waals surface area contributed by atoms with Gasteiger partial charge in [-0.1, -0.05) is 12.1 Å². The zero-order valence-electron chi connectivity index (χ0n) is 11.9. The van der Waals surface area contributed by atoms with Crippen LogP contribution >= 0.6 is 0 Å². The van der Waals surface area contributed by atoms with E-state index in [4.69, 9.17) is 9.84 Å². The van der Waals surface area contributed by atoms with Crippen molar-refractivity contribution in [3.8, 4) is 0 Å². The van der Waals surface area contributed by atoms with Crippen molar-refractivity contribution in [2.24, 2.45) is 0 Å². The van der Waals surface area contributed by atoms with Gasteiger partial charge < -0.3 is 9.84 Å². The number of ether oxygens (including phenoxy) is 1. The molecule has 21 heavy (non-hydrogen) atoms. The molecule has 1 atom stereocenters. The van der Waals surface area contributed by atoms with Crippen molar-refractivity contribution < 1.29 is 23.1 Å². The Hall–Kier alpha value is -1.44. The second-order valence-corrected chi connectivity index (χ2v) is 7.25. The summed E-state index contributed by atoms with van der Waals surface area (Å²) in [5, 5.41) is 8.93. The van der Waals surface area contributed by atoms with Gasteiger partial charge in [0.25, 0.3) is 0 Å². The zero-order chi connectivity index (χ0) is 15.5.